The molecule has 0 spiro atoms. The Bertz CT molecular complexity index is 623. The summed E-state index contributed by atoms with van der Waals surface area (Å²) in [6.07, 6.45) is 0. The molecule has 2 atom stereocenters. The van der Waals surface area contributed by atoms with Crippen molar-refractivity contribution in [3.8, 4) is 0 Å². The molecule has 2 amide bonds. The largest absolute Gasteiger partial charge is 0.298 e. The van der Waals surface area contributed by atoms with Crippen LogP contribution in [0, 0.1) is 0 Å². The van der Waals surface area contributed by atoms with Crippen molar-refractivity contribution in [2.24, 2.45) is 0 Å². The van der Waals surface area contributed by atoms with Crippen LogP contribution >= 0.6 is 0 Å². The highest BCUT2D eigenvalue weighted by Crippen LogP contribution is 2.28. The summed E-state index contributed by atoms with van der Waals surface area (Å²) in [6.45, 7) is 3.55. The standard InChI is InChI=1S/C18H18N2O2/c1-13-17(21)20(16-11-7-4-8-12-16)14(2)18(22)19(13)15-9-5-3-6-10-15/h3-14H,1-2H3/t13-,14-/m1/s1. The van der Waals surface area contributed by atoms with Gasteiger partial charge in [-0.05, 0) is 38.1 Å². The van der Waals surface area contributed by atoms with E-state index in [4.69, 9.17) is 0 Å². The number of hydrogen-bond donors (Lipinski definition) is 0. The van der Waals surface area contributed by atoms with Crippen LogP contribution in [-0.2, 0) is 9.59 Å². The van der Waals surface area contributed by atoms with Crippen LogP contribution in [-0.4, -0.2) is 23.9 Å². The Labute approximate surface area is 130 Å². The number of carbonyl (C=O) groups excluding carboxylic acids is 2. The molecular weight excluding hydrogens is 276 g/mol. The number of nitrogens with zero attached hydrogens (tertiary/aromatic N) is 2. The van der Waals surface area contributed by atoms with Crippen LogP contribution < -0.4 is 9.80 Å². The van der Waals surface area contributed by atoms with Crippen LogP contribution in [0.15, 0.2) is 60.7 Å². The second-order valence-corrected chi connectivity index (χ2v) is 5.44. The van der Waals surface area contributed by atoms with E-state index in [0.29, 0.717) is 0 Å². The Morgan fingerprint density at radius 3 is 1.27 bits per heavy atom. The minimum Gasteiger partial charge on any atom is -0.298 e. The third-order valence-electron chi connectivity index (χ3n) is 4.03. The molecule has 3 rings (SSSR count). The molecule has 1 saturated heterocycles. The molecule has 2 aromatic rings. The predicted octanol–water partition coefficient (Wildman–Crippen LogP) is 2.84. The lowest BCUT2D eigenvalue weighted by molar-refractivity contribution is -0.130. The van der Waals surface area contributed by atoms with Gasteiger partial charge in [0.15, 0.2) is 0 Å². The van der Waals surface area contributed by atoms with Crippen LogP contribution in [0.3, 0.4) is 0 Å². The van der Waals surface area contributed by atoms with E-state index in [1.165, 1.54) is 0 Å². The van der Waals surface area contributed by atoms with Gasteiger partial charge in [0.1, 0.15) is 12.1 Å². The maximum absolute atomic E-state index is 12.8. The number of benzene rings is 2. The van der Waals surface area contributed by atoms with Gasteiger partial charge in [0, 0.05) is 11.4 Å². The number of anilines is 2. The highest BCUT2D eigenvalue weighted by atomic mass is 16.2. The van der Waals surface area contributed by atoms with Crippen molar-refractivity contribution in [3.63, 3.8) is 0 Å². The van der Waals surface area contributed by atoms with E-state index < -0.39 is 12.1 Å². The minimum atomic E-state index is -0.522. The smallest absolute Gasteiger partial charge is 0.250 e. The molecular formula is C18H18N2O2. The summed E-state index contributed by atoms with van der Waals surface area (Å²) in [6, 6.07) is 17.6. The number of carbonyl (C=O) groups is 2. The van der Waals surface area contributed by atoms with Crippen LogP contribution in [0.4, 0.5) is 11.4 Å². The zero-order chi connectivity index (χ0) is 15.7. The van der Waals surface area contributed by atoms with Crippen molar-refractivity contribution in [1.29, 1.82) is 0 Å². The number of rotatable bonds is 2. The molecule has 4 heteroatoms. The second kappa shape index (κ2) is 5.64. The Morgan fingerprint density at radius 2 is 0.955 bits per heavy atom. The first-order valence-corrected chi connectivity index (χ1v) is 7.37. The lowest BCUT2D eigenvalue weighted by atomic mass is 10.0. The zero-order valence-corrected chi connectivity index (χ0v) is 12.6. The van der Waals surface area contributed by atoms with Crippen molar-refractivity contribution in [2.75, 3.05) is 9.80 Å². The van der Waals surface area contributed by atoms with Crippen molar-refractivity contribution < 1.29 is 9.59 Å². The second-order valence-electron chi connectivity index (χ2n) is 5.44. The molecule has 0 radical (unpaired) electrons. The Balaban J connectivity index is 1.99. The third-order valence-corrected chi connectivity index (χ3v) is 4.03. The molecule has 1 heterocycles. The summed E-state index contributed by atoms with van der Waals surface area (Å²) in [7, 11) is 0. The highest BCUT2D eigenvalue weighted by molar-refractivity contribution is 6.15. The van der Waals surface area contributed by atoms with Gasteiger partial charge in [-0.15, -0.1) is 0 Å². The maximum Gasteiger partial charge on any atom is 0.250 e. The summed E-state index contributed by atoms with van der Waals surface area (Å²) in [5.74, 6) is -0.135. The van der Waals surface area contributed by atoms with Crippen LogP contribution in [0.5, 0.6) is 0 Å². The van der Waals surface area contributed by atoms with E-state index in [9.17, 15) is 9.59 Å². The molecule has 0 aromatic heterocycles. The topological polar surface area (TPSA) is 40.6 Å². The normalized spacial score (nSPS) is 22.1. The van der Waals surface area contributed by atoms with Crippen molar-refractivity contribution in [1.82, 2.24) is 0 Å². The summed E-state index contributed by atoms with van der Waals surface area (Å²) >= 11 is 0. The first-order chi connectivity index (χ1) is 10.6. The lowest BCUT2D eigenvalue weighted by Crippen LogP contribution is -2.63. The number of amides is 2. The molecule has 0 bridgehead atoms. The molecule has 1 aliphatic heterocycles. The average molecular weight is 294 g/mol. The van der Waals surface area contributed by atoms with E-state index >= 15 is 0 Å². The van der Waals surface area contributed by atoms with Gasteiger partial charge in [0.25, 0.3) is 11.8 Å². The van der Waals surface area contributed by atoms with Gasteiger partial charge in [-0.3, -0.25) is 19.4 Å². The molecule has 112 valence electrons. The molecule has 1 aliphatic rings. The van der Waals surface area contributed by atoms with E-state index in [1.54, 1.807) is 23.6 Å². The quantitative estimate of drug-likeness (QED) is 0.854. The summed E-state index contributed by atoms with van der Waals surface area (Å²) < 4.78 is 0. The zero-order valence-electron chi connectivity index (χ0n) is 12.6. The number of para-hydroxylation sites is 2. The highest BCUT2D eigenvalue weighted by Gasteiger charge is 2.42. The van der Waals surface area contributed by atoms with Crippen LogP contribution in [0.1, 0.15) is 13.8 Å². The first-order valence-electron chi connectivity index (χ1n) is 7.37. The van der Waals surface area contributed by atoms with Gasteiger partial charge in [-0.1, -0.05) is 36.4 Å². The fourth-order valence-electron chi connectivity index (χ4n) is 2.88. The van der Waals surface area contributed by atoms with Crippen LogP contribution in [0.2, 0.25) is 0 Å². The van der Waals surface area contributed by atoms with Gasteiger partial charge >= 0.3 is 0 Å². The molecule has 22 heavy (non-hydrogen) atoms. The van der Waals surface area contributed by atoms with E-state index in [-0.39, 0.29) is 11.8 Å². The van der Waals surface area contributed by atoms with Crippen LogP contribution in [0.25, 0.3) is 0 Å². The summed E-state index contributed by atoms with van der Waals surface area (Å²) in [5.41, 5.74) is 1.51. The van der Waals surface area contributed by atoms with Gasteiger partial charge in [0.05, 0.1) is 0 Å². The average Bonchev–Trinajstić information content (AvgIpc) is 2.55. The lowest BCUT2D eigenvalue weighted by Gasteiger charge is -2.42. The third kappa shape index (κ3) is 2.26. The van der Waals surface area contributed by atoms with Gasteiger partial charge in [-0.2, -0.15) is 0 Å². The fraction of sp³-hybridized carbons (Fsp3) is 0.222. The molecule has 2 aromatic carbocycles. The maximum atomic E-state index is 12.8. The van der Waals surface area contributed by atoms with E-state index in [0.717, 1.165) is 11.4 Å². The molecule has 0 saturated carbocycles. The van der Waals surface area contributed by atoms with Gasteiger partial charge in [0.2, 0.25) is 0 Å². The minimum absolute atomic E-state index is 0.0675. The first kappa shape index (κ1) is 14.3. The molecule has 4 nitrogen and oxygen atoms in total. The number of hydrogen-bond acceptors (Lipinski definition) is 2. The monoisotopic (exact) mass is 294 g/mol. The predicted molar refractivity (Wildman–Crippen MR) is 86.8 cm³/mol. The molecule has 0 unspecified atom stereocenters. The van der Waals surface area contributed by atoms with E-state index in [1.807, 2.05) is 60.7 Å². The summed E-state index contributed by atoms with van der Waals surface area (Å²) in [4.78, 5) is 28.8. The molecule has 1 fully saturated rings. The van der Waals surface area contributed by atoms with Gasteiger partial charge < -0.3 is 0 Å². The molecule has 0 N–H and O–H groups in total. The summed E-state index contributed by atoms with van der Waals surface area (Å²) in [5, 5.41) is 0. The molecule has 0 aliphatic carbocycles. The Morgan fingerprint density at radius 1 is 0.636 bits per heavy atom. The van der Waals surface area contributed by atoms with E-state index in [2.05, 4.69) is 0 Å². The van der Waals surface area contributed by atoms with Crippen molar-refractivity contribution >= 4 is 23.2 Å². The van der Waals surface area contributed by atoms with Crippen molar-refractivity contribution in [3.05, 3.63) is 60.7 Å². The fourth-order valence-corrected chi connectivity index (χ4v) is 2.88. The Hall–Kier alpha value is -2.62. The number of piperazine rings is 1. The Kier molecular flexibility index (Phi) is 3.67. The SMILES string of the molecule is C[C@@H]1C(=O)N(c2ccccc2)[C@H](C)C(=O)N1c1ccccc1. The van der Waals surface area contributed by atoms with Gasteiger partial charge in [-0.25, -0.2) is 0 Å². The van der Waals surface area contributed by atoms with Crippen molar-refractivity contribution in [2.45, 2.75) is 25.9 Å².